The van der Waals surface area contributed by atoms with Crippen LogP contribution in [0.4, 0.5) is 18.9 Å². The summed E-state index contributed by atoms with van der Waals surface area (Å²) in [7, 11) is 0. The molecule has 0 aromatic heterocycles. The topological polar surface area (TPSA) is 47.3 Å². The van der Waals surface area contributed by atoms with Crippen molar-refractivity contribution in [3.05, 3.63) is 71.5 Å². The number of rotatable bonds is 2. The van der Waals surface area contributed by atoms with Gasteiger partial charge in [0, 0.05) is 5.69 Å². The number of hydrogen-bond acceptors (Lipinski definition) is 2. The summed E-state index contributed by atoms with van der Waals surface area (Å²) < 4.78 is 38.5. The second-order valence-corrected chi connectivity index (χ2v) is 5.17. The van der Waals surface area contributed by atoms with Crippen LogP contribution in [0.15, 0.2) is 60.4 Å². The van der Waals surface area contributed by atoms with Gasteiger partial charge in [-0.15, -0.1) is 0 Å². The lowest BCUT2D eigenvalue weighted by molar-refractivity contribution is -0.137. The number of aliphatic hydroxyl groups is 1. The van der Waals surface area contributed by atoms with Crippen molar-refractivity contribution in [1.29, 1.82) is 5.41 Å². The Morgan fingerprint density at radius 1 is 1.00 bits per heavy atom. The van der Waals surface area contributed by atoms with Gasteiger partial charge in [-0.1, -0.05) is 36.4 Å². The van der Waals surface area contributed by atoms with Gasteiger partial charge in [0.15, 0.2) is 0 Å². The predicted octanol–water partition coefficient (Wildman–Crippen LogP) is 4.47. The molecule has 0 amide bonds. The van der Waals surface area contributed by atoms with E-state index in [0.29, 0.717) is 11.1 Å². The molecule has 0 saturated carbocycles. The van der Waals surface area contributed by atoms with E-state index in [0.717, 1.165) is 12.1 Å². The summed E-state index contributed by atoms with van der Waals surface area (Å²) in [6, 6.07) is 13.6. The second-order valence-electron chi connectivity index (χ2n) is 5.17. The van der Waals surface area contributed by atoms with Gasteiger partial charge < -0.3 is 10.0 Å². The zero-order valence-electron chi connectivity index (χ0n) is 11.9. The van der Waals surface area contributed by atoms with Crippen molar-refractivity contribution in [3.8, 4) is 0 Å². The van der Waals surface area contributed by atoms with Gasteiger partial charge in [-0.3, -0.25) is 5.41 Å². The molecule has 6 heteroatoms. The molecule has 0 atom stereocenters. The van der Waals surface area contributed by atoms with E-state index in [1.165, 1.54) is 17.0 Å². The number of amidine groups is 1. The van der Waals surface area contributed by atoms with Crippen molar-refractivity contribution < 1.29 is 18.3 Å². The highest BCUT2D eigenvalue weighted by Crippen LogP contribution is 2.35. The summed E-state index contributed by atoms with van der Waals surface area (Å²) in [6.07, 6.45) is -4.45. The maximum Gasteiger partial charge on any atom is 0.416 e. The minimum atomic E-state index is -4.45. The van der Waals surface area contributed by atoms with Crippen molar-refractivity contribution in [2.24, 2.45) is 0 Å². The van der Waals surface area contributed by atoms with Crippen molar-refractivity contribution >= 4 is 17.1 Å². The molecular formula is C17H13F3N2O. The Bertz CT molecular complexity index is 782. The fourth-order valence-corrected chi connectivity index (χ4v) is 2.56. The van der Waals surface area contributed by atoms with Crippen LogP contribution in [-0.4, -0.2) is 17.5 Å². The van der Waals surface area contributed by atoms with Crippen molar-refractivity contribution in [3.63, 3.8) is 0 Å². The van der Waals surface area contributed by atoms with Crippen LogP contribution in [0.3, 0.4) is 0 Å². The van der Waals surface area contributed by atoms with Gasteiger partial charge in [-0.05, 0) is 23.8 Å². The molecule has 2 aromatic carbocycles. The molecule has 0 unspecified atom stereocenters. The third-order valence-corrected chi connectivity index (χ3v) is 3.65. The summed E-state index contributed by atoms with van der Waals surface area (Å²) in [6.45, 7) is -0.0234. The van der Waals surface area contributed by atoms with Crippen LogP contribution in [0.1, 0.15) is 11.1 Å². The van der Waals surface area contributed by atoms with E-state index in [2.05, 4.69) is 0 Å². The van der Waals surface area contributed by atoms with Crippen LogP contribution in [0.2, 0.25) is 0 Å². The summed E-state index contributed by atoms with van der Waals surface area (Å²) in [5.74, 6) is -0.0494. The Morgan fingerprint density at radius 3 is 2.35 bits per heavy atom. The van der Waals surface area contributed by atoms with E-state index >= 15 is 0 Å². The summed E-state index contributed by atoms with van der Waals surface area (Å²) >= 11 is 0. The third kappa shape index (κ3) is 2.79. The zero-order valence-corrected chi connectivity index (χ0v) is 11.9. The molecule has 2 aromatic rings. The molecule has 0 fully saturated rings. The lowest BCUT2D eigenvalue weighted by atomic mass is 10.1. The van der Waals surface area contributed by atoms with Crippen molar-refractivity contribution in [2.45, 2.75) is 6.18 Å². The number of nitrogens with zero attached hydrogens (tertiary/aromatic N) is 1. The molecule has 1 aliphatic heterocycles. The molecule has 2 N–H and O–H groups in total. The number of hydrogen-bond donors (Lipinski definition) is 2. The van der Waals surface area contributed by atoms with E-state index < -0.39 is 11.7 Å². The van der Waals surface area contributed by atoms with Crippen LogP contribution in [0.5, 0.6) is 0 Å². The lowest BCUT2D eigenvalue weighted by Gasteiger charge is -2.20. The van der Waals surface area contributed by atoms with Crippen LogP contribution in [0, 0.1) is 5.41 Å². The average molecular weight is 318 g/mol. The number of halogens is 3. The fraction of sp³-hybridized carbons (Fsp3) is 0.118. The highest BCUT2D eigenvalue weighted by Gasteiger charge is 2.33. The molecule has 3 nitrogen and oxygen atoms in total. The maximum atomic E-state index is 12.8. The molecule has 0 bridgehead atoms. The second kappa shape index (κ2) is 5.46. The van der Waals surface area contributed by atoms with Crippen LogP contribution < -0.4 is 4.90 Å². The zero-order chi connectivity index (χ0) is 16.6. The largest absolute Gasteiger partial charge is 0.510 e. The highest BCUT2D eigenvalue weighted by atomic mass is 19.4. The van der Waals surface area contributed by atoms with E-state index in [1.54, 1.807) is 24.3 Å². The summed E-state index contributed by atoms with van der Waals surface area (Å²) in [4.78, 5) is 1.35. The van der Waals surface area contributed by atoms with E-state index in [-0.39, 0.29) is 23.8 Å². The molecule has 1 aliphatic rings. The molecule has 0 spiro atoms. The SMILES string of the molecule is N=C1C(c2ccccc2)=C(O)CN1c1cccc(C(F)(F)F)c1. The number of anilines is 1. The first kappa shape index (κ1) is 15.1. The van der Waals surface area contributed by atoms with E-state index in [9.17, 15) is 18.3 Å². The van der Waals surface area contributed by atoms with Gasteiger partial charge in [0.1, 0.15) is 11.6 Å². The molecule has 0 saturated heterocycles. The third-order valence-electron chi connectivity index (χ3n) is 3.65. The molecule has 0 aliphatic carbocycles. The highest BCUT2D eigenvalue weighted by molar-refractivity contribution is 6.30. The first-order valence-electron chi connectivity index (χ1n) is 6.89. The maximum absolute atomic E-state index is 12.8. The first-order chi connectivity index (χ1) is 10.9. The fourth-order valence-electron chi connectivity index (χ4n) is 2.56. The Hall–Kier alpha value is -2.76. The summed E-state index contributed by atoms with van der Waals surface area (Å²) in [5.41, 5.74) is 0.435. The average Bonchev–Trinajstić information content (AvgIpc) is 2.82. The van der Waals surface area contributed by atoms with E-state index in [4.69, 9.17) is 5.41 Å². The monoisotopic (exact) mass is 318 g/mol. The number of alkyl halides is 3. The van der Waals surface area contributed by atoms with Gasteiger partial charge in [0.05, 0.1) is 17.7 Å². The smallest absolute Gasteiger partial charge is 0.416 e. The van der Waals surface area contributed by atoms with Crippen molar-refractivity contribution in [1.82, 2.24) is 0 Å². The molecule has 0 radical (unpaired) electrons. The lowest BCUT2D eigenvalue weighted by Crippen LogP contribution is -2.26. The predicted molar refractivity (Wildman–Crippen MR) is 82.5 cm³/mol. The van der Waals surface area contributed by atoms with Gasteiger partial charge >= 0.3 is 6.18 Å². The number of aliphatic hydroxyl groups excluding tert-OH is 1. The Labute approximate surface area is 130 Å². The molecule has 23 heavy (non-hydrogen) atoms. The van der Waals surface area contributed by atoms with Gasteiger partial charge in [-0.25, -0.2) is 0 Å². The molecule has 1 heterocycles. The Kier molecular flexibility index (Phi) is 3.60. The Balaban J connectivity index is 1.95. The van der Waals surface area contributed by atoms with Gasteiger partial charge in [-0.2, -0.15) is 13.2 Å². The van der Waals surface area contributed by atoms with Crippen molar-refractivity contribution in [2.75, 3.05) is 11.4 Å². The number of benzene rings is 2. The molecule has 3 rings (SSSR count). The normalized spacial score (nSPS) is 15.4. The van der Waals surface area contributed by atoms with Crippen LogP contribution in [0.25, 0.3) is 5.57 Å². The number of nitrogens with one attached hydrogen (secondary N) is 1. The molecular weight excluding hydrogens is 305 g/mol. The van der Waals surface area contributed by atoms with E-state index in [1.807, 2.05) is 6.07 Å². The minimum absolute atomic E-state index is 0.0203. The molecule has 118 valence electrons. The van der Waals surface area contributed by atoms with Crippen LogP contribution >= 0.6 is 0 Å². The van der Waals surface area contributed by atoms with Crippen LogP contribution in [-0.2, 0) is 6.18 Å². The Morgan fingerprint density at radius 2 is 1.70 bits per heavy atom. The van der Waals surface area contributed by atoms with Gasteiger partial charge in [0.2, 0.25) is 0 Å². The minimum Gasteiger partial charge on any atom is -0.510 e. The quantitative estimate of drug-likeness (QED) is 0.858. The summed E-state index contributed by atoms with van der Waals surface area (Å²) in [5, 5.41) is 18.4. The van der Waals surface area contributed by atoms with Gasteiger partial charge in [0.25, 0.3) is 0 Å². The standard InChI is InChI=1S/C17H13F3N2O/c18-17(19,20)12-7-4-8-13(9-12)22-10-14(23)15(16(22)21)11-5-2-1-3-6-11/h1-9,21,23H,10H2. The first-order valence-corrected chi connectivity index (χ1v) is 6.89.